The zero-order valence-electron chi connectivity index (χ0n) is 12.5. The molecule has 0 saturated heterocycles. The van der Waals surface area contributed by atoms with Gasteiger partial charge in [0.25, 0.3) is 0 Å². The van der Waals surface area contributed by atoms with E-state index in [1.807, 2.05) is 0 Å². The van der Waals surface area contributed by atoms with E-state index in [9.17, 15) is 0 Å². The first-order valence-electron chi connectivity index (χ1n) is 7.60. The Bertz CT molecular complexity index is 398. The molecule has 0 fully saturated rings. The van der Waals surface area contributed by atoms with Crippen LogP contribution in [0.3, 0.4) is 0 Å². The van der Waals surface area contributed by atoms with Gasteiger partial charge in [0.2, 0.25) is 0 Å². The van der Waals surface area contributed by atoms with Crippen LogP contribution in [0.15, 0.2) is 0 Å². The molecule has 0 atom stereocenters. The van der Waals surface area contributed by atoms with Crippen LogP contribution in [0, 0.1) is 0 Å². The molecule has 108 valence electrons. The van der Waals surface area contributed by atoms with E-state index in [-0.39, 0.29) is 0 Å². The maximum Gasteiger partial charge on any atom is 0.111 e. The summed E-state index contributed by atoms with van der Waals surface area (Å²) in [6, 6.07) is 0. The molecule has 1 aromatic rings. The van der Waals surface area contributed by atoms with Gasteiger partial charge in [-0.2, -0.15) is 0 Å². The Morgan fingerprint density at radius 3 is 2.95 bits per heavy atom. The standard InChI is InChI=1S/C15H27N3O/c1-4-9-19-10-5-8-18-14-6-7-16-11-13(14)17-15(18)12(2)3/h12,16H,4-11H2,1-3H3. The number of rotatable bonds is 7. The monoisotopic (exact) mass is 265 g/mol. The molecule has 4 nitrogen and oxygen atoms in total. The predicted molar refractivity (Wildman–Crippen MR) is 77.5 cm³/mol. The Morgan fingerprint density at radius 2 is 2.21 bits per heavy atom. The van der Waals surface area contributed by atoms with Crippen LogP contribution in [-0.4, -0.2) is 29.3 Å². The second-order valence-corrected chi connectivity index (χ2v) is 5.56. The van der Waals surface area contributed by atoms with Gasteiger partial charge in [0, 0.05) is 50.9 Å². The second kappa shape index (κ2) is 7.06. The van der Waals surface area contributed by atoms with E-state index in [0.717, 1.165) is 52.1 Å². The lowest BCUT2D eigenvalue weighted by Crippen LogP contribution is -2.25. The third-order valence-corrected chi connectivity index (χ3v) is 3.55. The maximum atomic E-state index is 5.58. The average Bonchev–Trinajstić information content (AvgIpc) is 2.78. The lowest BCUT2D eigenvalue weighted by atomic mass is 10.1. The van der Waals surface area contributed by atoms with E-state index in [2.05, 4.69) is 30.7 Å². The number of imidazole rings is 1. The average molecular weight is 265 g/mol. The minimum Gasteiger partial charge on any atom is -0.381 e. The molecule has 1 N–H and O–H groups in total. The Labute approximate surface area is 116 Å². The minimum absolute atomic E-state index is 0.488. The highest BCUT2D eigenvalue weighted by molar-refractivity contribution is 5.21. The van der Waals surface area contributed by atoms with Crippen LogP contribution < -0.4 is 5.32 Å². The molecule has 1 aliphatic heterocycles. The lowest BCUT2D eigenvalue weighted by Gasteiger charge is -2.17. The van der Waals surface area contributed by atoms with E-state index in [1.165, 1.54) is 17.2 Å². The van der Waals surface area contributed by atoms with Gasteiger partial charge < -0.3 is 14.6 Å². The van der Waals surface area contributed by atoms with Gasteiger partial charge in [-0.3, -0.25) is 0 Å². The van der Waals surface area contributed by atoms with Crippen molar-refractivity contribution < 1.29 is 4.74 Å². The number of nitrogens with one attached hydrogen (secondary N) is 1. The zero-order chi connectivity index (χ0) is 13.7. The van der Waals surface area contributed by atoms with Gasteiger partial charge in [0.05, 0.1) is 5.69 Å². The number of ether oxygens (including phenoxy) is 1. The van der Waals surface area contributed by atoms with Gasteiger partial charge in [0.15, 0.2) is 0 Å². The fraction of sp³-hybridized carbons (Fsp3) is 0.800. The molecule has 0 saturated carbocycles. The van der Waals surface area contributed by atoms with E-state index in [1.54, 1.807) is 0 Å². The third kappa shape index (κ3) is 3.57. The normalized spacial score (nSPS) is 14.9. The fourth-order valence-corrected chi connectivity index (χ4v) is 2.65. The van der Waals surface area contributed by atoms with Crippen LogP contribution in [0.1, 0.15) is 56.7 Å². The number of fused-ring (bicyclic) bond motifs is 1. The van der Waals surface area contributed by atoms with Crippen LogP contribution in [0.25, 0.3) is 0 Å². The molecule has 2 rings (SSSR count). The smallest absolute Gasteiger partial charge is 0.111 e. The highest BCUT2D eigenvalue weighted by Crippen LogP contribution is 2.22. The van der Waals surface area contributed by atoms with Crippen LogP contribution in [-0.2, 0) is 24.2 Å². The molecule has 0 unspecified atom stereocenters. The summed E-state index contributed by atoms with van der Waals surface area (Å²) >= 11 is 0. The maximum absolute atomic E-state index is 5.58. The molecule has 4 heteroatoms. The van der Waals surface area contributed by atoms with Crippen molar-refractivity contribution in [2.24, 2.45) is 0 Å². The number of aromatic nitrogens is 2. The summed E-state index contributed by atoms with van der Waals surface area (Å²) in [5.74, 6) is 1.73. The van der Waals surface area contributed by atoms with Crippen LogP contribution in [0.4, 0.5) is 0 Å². The van der Waals surface area contributed by atoms with Crippen LogP contribution in [0.5, 0.6) is 0 Å². The van der Waals surface area contributed by atoms with Gasteiger partial charge in [-0.25, -0.2) is 4.98 Å². The Kier molecular flexibility index (Phi) is 5.40. The highest BCUT2D eigenvalue weighted by Gasteiger charge is 2.20. The predicted octanol–water partition coefficient (Wildman–Crippen LogP) is 2.47. The number of hydrogen-bond donors (Lipinski definition) is 1. The van der Waals surface area contributed by atoms with Gasteiger partial charge in [-0.15, -0.1) is 0 Å². The van der Waals surface area contributed by atoms with E-state index >= 15 is 0 Å². The number of hydrogen-bond acceptors (Lipinski definition) is 3. The van der Waals surface area contributed by atoms with Crippen LogP contribution >= 0.6 is 0 Å². The zero-order valence-corrected chi connectivity index (χ0v) is 12.5. The first-order valence-corrected chi connectivity index (χ1v) is 7.60. The highest BCUT2D eigenvalue weighted by atomic mass is 16.5. The van der Waals surface area contributed by atoms with E-state index in [4.69, 9.17) is 9.72 Å². The Hall–Kier alpha value is -0.870. The summed E-state index contributed by atoms with van der Waals surface area (Å²) in [6.07, 6.45) is 3.28. The van der Waals surface area contributed by atoms with E-state index < -0.39 is 0 Å². The van der Waals surface area contributed by atoms with Crippen molar-refractivity contribution in [1.82, 2.24) is 14.9 Å². The Balaban J connectivity index is 2.02. The quantitative estimate of drug-likeness (QED) is 0.770. The molecule has 2 heterocycles. The van der Waals surface area contributed by atoms with E-state index in [0.29, 0.717) is 5.92 Å². The molecule has 0 aromatic carbocycles. The molecule has 1 aliphatic rings. The van der Waals surface area contributed by atoms with Crippen molar-refractivity contribution in [2.75, 3.05) is 19.8 Å². The third-order valence-electron chi connectivity index (χ3n) is 3.55. The van der Waals surface area contributed by atoms with Crippen molar-refractivity contribution in [1.29, 1.82) is 0 Å². The molecule has 0 amide bonds. The van der Waals surface area contributed by atoms with Crippen LogP contribution in [0.2, 0.25) is 0 Å². The summed E-state index contributed by atoms with van der Waals surface area (Å²) in [4.78, 5) is 4.82. The van der Waals surface area contributed by atoms with Crippen molar-refractivity contribution in [3.63, 3.8) is 0 Å². The SMILES string of the molecule is CCCOCCCn1c(C(C)C)nc2c1CCNC2. The number of nitrogens with zero attached hydrogens (tertiary/aromatic N) is 2. The largest absolute Gasteiger partial charge is 0.381 e. The first kappa shape index (κ1) is 14.5. The second-order valence-electron chi connectivity index (χ2n) is 5.56. The van der Waals surface area contributed by atoms with Gasteiger partial charge in [-0.05, 0) is 12.8 Å². The molecule has 1 aromatic heterocycles. The molecule has 0 radical (unpaired) electrons. The van der Waals surface area contributed by atoms with Gasteiger partial charge in [-0.1, -0.05) is 20.8 Å². The molecule has 0 bridgehead atoms. The van der Waals surface area contributed by atoms with Crippen molar-refractivity contribution in [2.45, 2.75) is 59.0 Å². The summed E-state index contributed by atoms with van der Waals surface area (Å²) in [5.41, 5.74) is 2.70. The lowest BCUT2D eigenvalue weighted by molar-refractivity contribution is 0.129. The molecular formula is C15H27N3O. The molecular weight excluding hydrogens is 238 g/mol. The molecule has 0 aliphatic carbocycles. The molecule has 0 spiro atoms. The fourth-order valence-electron chi connectivity index (χ4n) is 2.65. The molecule has 19 heavy (non-hydrogen) atoms. The summed E-state index contributed by atoms with van der Waals surface area (Å²) in [6.45, 7) is 11.4. The van der Waals surface area contributed by atoms with Crippen molar-refractivity contribution in [3.05, 3.63) is 17.2 Å². The minimum atomic E-state index is 0.488. The van der Waals surface area contributed by atoms with Crippen molar-refractivity contribution in [3.8, 4) is 0 Å². The van der Waals surface area contributed by atoms with Crippen molar-refractivity contribution >= 4 is 0 Å². The summed E-state index contributed by atoms with van der Waals surface area (Å²) < 4.78 is 8.02. The Morgan fingerprint density at radius 1 is 1.37 bits per heavy atom. The first-order chi connectivity index (χ1) is 9.24. The topological polar surface area (TPSA) is 39.1 Å². The van der Waals surface area contributed by atoms with Gasteiger partial charge >= 0.3 is 0 Å². The van der Waals surface area contributed by atoms with Gasteiger partial charge in [0.1, 0.15) is 5.82 Å². The summed E-state index contributed by atoms with van der Waals surface area (Å²) in [5, 5.41) is 3.40. The summed E-state index contributed by atoms with van der Waals surface area (Å²) in [7, 11) is 0.